The number of rotatable bonds is 2. The lowest BCUT2D eigenvalue weighted by molar-refractivity contribution is 0.357. The van der Waals surface area contributed by atoms with Crippen LogP contribution >= 0.6 is 0 Å². The maximum atomic E-state index is 8.45. The summed E-state index contributed by atoms with van der Waals surface area (Å²) in [4.78, 5) is 0. The van der Waals surface area contributed by atoms with Crippen LogP contribution in [0.15, 0.2) is 18.2 Å². The van der Waals surface area contributed by atoms with Crippen molar-refractivity contribution in [2.75, 3.05) is 6.61 Å². The van der Waals surface area contributed by atoms with Gasteiger partial charge < -0.3 is 4.74 Å². The Morgan fingerprint density at radius 3 is 3.23 bits per heavy atom. The quantitative estimate of drug-likeness (QED) is 0.686. The third kappa shape index (κ3) is 1.65. The van der Waals surface area contributed by atoms with Crippen molar-refractivity contribution in [2.45, 2.75) is 19.3 Å². The van der Waals surface area contributed by atoms with Gasteiger partial charge in [-0.25, -0.2) is 0 Å². The first-order valence-corrected chi connectivity index (χ1v) is 4.52. The minimum atomic E-state index is 0.597. The lowest BCUT2D eigenvalue weighted by Crippen LogP contribution is -1.85. The van der Waals surface area contributed by atoms with Gasteiger partial charge in [-0.2, -0.15) is 5.26 Å². The van der Waals surface area contributed by atoms with Crippen LogP contribution in [0.1, 0.15) is 17.5 Å². The van der Waals surface area contributed by atoms with Gasteiger partial charge in [-0.15, -0.1) is 0 Å². The molecule has 0 atom stereocenters. The Balaban J connectivity index is 2.17. The molecule has 2 nitrogen and oxygen atoms in total. The van der Waals surface area contributed by atoms with Crippen LogP contribution in [0.3, 0.4) is 0 Å². The van der Waals surface area contributed by atoms with E-state index in [9.17, 15) is 0 Å². The number of benzene rings is 1. The third-order valence-electron chi connectivity index (χ3n) is 2.28. The maximum Gasteiger partial charge on any atom is 0.122 e. The van der Waals surface area contributed by atoms with E-state index in [0.29, 0.717) is 6.42 Å². The van der Waals surface area contributed by atoms with E-state index >= 15 is 0 Å². The van der Waals surface area contributed by atoms with Gasteiger partial charge in [0.05, 0.1) is 12.7 Å². The van der Waals surface area contributed by atoms with Gasteiger partial charge in [-0.3, -0.25) is 0 Å². The lowest BCUT2D eigenvalue weighted by atomic mass is 10.1. The van der Waals surface area contributed by atoms with Crippen LogP contribution in [0, 0.1) is 11.3 Å². The van der Waals surface area contributed by atoms with Crippen LogP contribution in [0.25, 0.3) is 0 Å². The van der Waals surface area contributed by atoms with Gasteiger partial charge in [0.25, 0.3) is 0 Å². The molecular weight excluding hydrogens is 162 g/mol. The van der Waals surface area contributed by atoms with Crippen molar-refractivity contribution < 1.29 is 4.74 Å². The molecule has 1 heterocycles. The monoisotopic (exact) mass is 173 g/mol. The zero-order chi connectivity index (χ0) is 9.10. The normalized spacial score (nSPS) is 13.2. The predicted molar refractivity (Wildman–Crippen MR) is 49.6 cm³/mol. The molecule has 0 unspecified atom stereocenters. The largest absolute Gasteiger partial charge is 0.493 e. The Morgan fingerprint density at radius 1 is 1.46 bits per heavy atom. The van der Waals surface area contributed by atoms with Crippen molar-refractivity contribution in [1.82, 2.24) is 0 Å². The van der Waals surface area contributed by atoms with Crippen molar-refractivity contribution in [2.24, 2.45) is 0 Å². The van der Waals surface area contributed by atoms with Gasteiger partial charge in [0.2, 0.25) is 0 Å². The van der Waals surface area contributed by atoms with E-state index in [-0.39, 0.29) is 0 Å². The van der Waals surface area contributed by atoms with Crippen molar-refractivity contribution in [3.05, 3.63) is 29.3 Å². The van der Waals surface area contributed by atoms with E-state index < -0.39 is 0 Å². The summed E-state index contributed by atoms with van der Waals surface area (Å²) in [5.74, 6) is 1.01. The number of ether oxygens (including phenoxy) is 1. The molecule has 1 aliphatic rings. The summed E-state index contributed by atoms with van der Waals surface area (Å²) in [5, 5.41) is 8.45. The van der Waals surface area contributed by atoms with Gasteiger partial charge in [-0.05, 0) is 23.6 Å². The third-order valence-corrected chi connectivity index (χ3v) is 2.28. The number of fused-ring (bicyclic) bond motifs is 1. The summed E-state index contributed by atoms with van der Waals surface area (Å²) < 4.78 is 5.39. The molecule has 2 heteroatoms. The first-order valence-electron chi connectivity index (χ1n) is 4.52. The fraction of sp³-hybridized carbons (Fsp3) is 0.364. The second-order valence-electron chi connectivity index (χ2n) is 3.20. The van der Waals surface area contributed by atoms with Crippen molar-refractivity contribution in [3.8, 4) is 11.8 Å². The van der Waals surface area contributed by atoms with Gasteiger partial charge in [0.1, 0.15) is 5.75 Å². The van der Waals surface area contributed by atoms with E-state index in [1.807, 2.05) is 12.1 Å². The van der Waals surface area contributed by atoms with Crippen LogP contribution in [0.5, 0.6) is 5.75 Å². The molecule has 0 N–H and O–H groups in total. The van der Waals surface area contributed by atoms with Crippen LogP contribution in [0.4, 0.5) is 0 Å². The molecule has 0 saturated heterocycles. The topological polar surface area (TPSA) is 33.0 Å². The Hall–Kier alpha value is -1.49. The summed E-state index contributed by atoms with van der Waals surface area (Å²) in [7, 11) is 0. The van der Waals surface area contributed by atoms with Crippen LogP contribution in [-0.4, -0.2) is 6.61 Å². The Labute approximate surface area is 77.8 Å². The van der Waals surface area contributed by atoms with Gasteiger partial charge in [-0.1, -0.05) is 12.1 Å². The van der Waals surface area contributed by atoms with Crippen LogP contribution in [0.2, 0.25) is 0 Å². The number of nitrogens with zero attached hydrogens (tertiary/aromatic N) is 1. The standard InChI is InChI=1S/C11H11NO/c12-6-1-2-9-3-4-11-10(8-9)5-7-13-11/h3-4,8H,1-2,5,7H2. The first kappa shape index (κ1) is 8.12. The maximum absolute atomic E-state index is 8.45. The molecule has 1 aliphatic heterocycles. The van der Waals surface area contributed by atoms with Crippen LogP contribution < -0.4 is 4.74 Å². The summed E-state index contributed by atoms with van der Waals surface area (Å²) in [6, 6.07) is 8.36. The van der Waals surface area contributed by atoms with E-state index in [0.717, 1.165) is 25.2 Å². The van der Waals surface area contributed by atoms with E-state index in [1.165, 1.54) is 11.1 Å². The molecule has 0 aromatic heterocycles. The Morgan fingerprint density at radius 2 is 2.38 bits per heavy atom. The summed E-state index contributed by atoms with van der Waals surface area (Å²) in [5.41, 5.74) is 2.53. The highest BCUT2D eigenvalue weighted by Gasteiger charge is 2.11. The highest BCUT2D eigenvalue weighted by molar-refractivity contribution is 5.39. The highest BCUT2D eigenvalue weighted by Crippen LogP contribution is 2.26. The molecule has 1 aromatic carbocycles. The predicted octanol–water partition coefficient (Wildman–Crippen LogP) is 2.08. The summed E-state index contributed by atoms with van der Waals surface area (Å²) in [6.45, 7) is 0.803. The second kappa shape index (κ2) is 3.49. The average Bonchev–Trinajstić information content (AvgIpc) is 2.61. The zero-order valence-corrected chi connectivity index (χ0v) is 7.42. The molecule has 13 heavy (non-hydrogen) atoms. The molecule has 0 saturated carbocycles. The van der Waals surface area contributed by atoms with E-state index in [1.54, 1.807) is 0 Å². The van der Waals surface area contributed by atoms with Crippen molar-refractivity contribution in [3.63, 3.8) is 0 Å². The molecule has 0 bridgehead atoms. The molecule has 0 fully saturated rings. The number of hydrogen-bond acceptors (Lipinski definition) is 2. The molecule has 0 aliphatic carbocycles. The smallest absolute Gasteiger partial charge is 0.122 e. The fourth-order valence-electron chi connectivity index (χ4n) is 1.60. The minimum Gasteiger partial charge on any atom is -0.493 e. The van der Waals surface area contributed by atoms with E-state index in [4.69, 9.17) is 10.00 Å². The molecule has 0 radical (unpaired) electrons. The molecule has 2 rings (SSSR count). The van der Waals surface area contributed by atoms with Gasteiger partial charge in [0.15, 0.2) is 0 Å². The van der Waals surface area contributed by atoms with E-state index in [2.05, 4.69) is 12.1 Å². The molecule has 66 valence electrons. The Kier molecular flexibility index (Phi) is 2.18. The van der Waals surface area contributed by atoms with Crippen molar-refractivity contribution in [1.29, 1.82) is 5.26 Å². The molecular formula is C11H11NO. The lowest BCUT2D eigenvalue weighted by Gasteiger charge is -2.01. The summed E-state index contributed by atoms with van der Waals surface area (Å²) >= 11 is 0. The number of nitriles is 1. The summed E-state index contributed by atoms with van der Waals surface area (Å²) in [6.07, 6.45) is 2.46. The van der Waals surface area contributed by atoms with Gasteiger partial charge in [0, 0.05) is 12.8 Å². The van der Waals surface area contributed by atoms with Crippen LogP contribution in [-0.2, 0) is 12.8 Å². The minimum absolute atomic E-state index is 0.597. The molecule has 0 amide bonds. The number of aryl methyl sites for hydroxylation is 1. The fourth-order valence-corrected chi connectivity index (χ4v) is 1.60. The first-order chi connectivity index (χ1) is 6.40. The average molecular weight is 173 g/mol. The second-order valence-corrected chi connectivity index (χ2v) is 3.20. The molecule has 0 spiro atoms. The highest BCUT2D eigenvalue weighted by atomic mass is 16.5. The van der Waals surface area contributed by atoms with Crippen molar-refractivity contribution >= 4 is 0 Å². The SMILES string of the molecule is N#CCCc1ccc2c(c1)CCO2. The Bertz CT molecular complexity index is 352. The van der Waals surface area contributed by atoms with Gasteiger partial charge >= 0.3 is 0 Å². The molecule has 1 aromatic rings. The zero-order valence-electron chi connectivity index (χ0n) is 7.42. The number of hydrogen-bond donors (Lipinski definition) is 0.